The van der Waals surface area contributed by atoms with Crippen molar-refractivity contribution in [3.63, 3.8) is 0 Å². The number of aliphatic carboxylic acids is 1. The standard InChI is InChI=1S/C15H22ClN3O3/c1-19(2)9-3-8-17-13(15(21)22)10-14(20)18-12-6-4-11(16)5-7-12/h4-7,13,17H,3,8-10H2,1-2H3,(H,18,20)(H,21,22)/t13-/m1/s1. The molecule has 1 aromatic carbocycles. The number of nitrogens with one attached hydrogen (secondary N) is 2. The Kier molecular flexibility index (Phi) is 7.87. The first-order valence-electron chi connectivity index (χ1n) is 7.05. The quantitative estimate of drug-likeness (QED) is 0.601. The highest BCUT2D eigenvalue weighted by molar-refractivity contribution is 6.30. The van der Waals surface area contributed by atoms with E-state index < -0.39 is 12.0 Å². The number of rotatable bonds is 9. The molecule has 0 unspecified atom stereocenters. The van der Waals surface area contributed by atoms with Crippen LogP contribution in [-0.4, -0.2) is 55.1 Å². The van der Waals surface area contributed by atoms with Crippen molar-refractivity contribution in [1.29, 1.82) is 0 Å². The molecule has 1 atom stereocenters. The van der Waals surface area contributed by atoms with Crippen LogP contribution >= 0.6 is 11.6 Å². The number of carboxylic acids is 1. The van der Waals surface area contributed by atoms with Gasteiger partial charge >= 0.3 is 5.97 Å². The Labute approximate surface area is 135 Å². The molecule has 6 nitrogen and oxygen atoms in total. The first kappa shape index (κ1) is 18.4. The minimum atomic E-state index is -1.03. The lowest BCUT2D eigenvalue weighted by Crippen LogP contribution is -2.40. The van der Waals surface area contributed by atoms with E-state index >= 15 is 0 Å². The third-order valence-electron chi connectivity index (χ3n) is 2.99. The monoisotopic (exact) mass is 327 g/mol. The van der Waals surface area contributed by atoms with E-state index in [1.165, 1.54) is 0 Å². The average Bonchev–Trinajstić information content (AvgIpc) is 2.44. The topological polar surface area (TPSA) is 81.7 Å². The van der Waals surface area contributed by atoms with Gasteiger partial charge in [0.1, 0.15) is 6.04 Å². The Bertz CT molecular complexity index is 491. The lowest BCUT2D eigenvalue weighted by molar-refractivity contribution is -0.141. The summed E-state index contributed by atoms with van der Waals surface area (Å²) in [6.07, 6.45) is 0.690. The molecule has 122 valence electrons. The number of carboxylic acid groups (broad SMARTS) is 1. The van der Waals surface area contributed by atoms with Crippen molar-refractivity contribution in [2.45, 2.75) is 18.9 Å². The summed E-state index contributed by atoms with van der Waals surface area (Å²) in [6.45, 7) is 1.40. The highest BCUT2D eigenvalue weighted by atomic mass is 35.5. The molecule has 0 spiro atoms. The van der Waals surface area contributed by atoms with Crippen LogP contribution in [0.4, 0.5) is 5.69 Å². The van der Waals surface area contributed by atoms with Crippen LogP contribution in [0.5, 0.6) is 0 Å². The van der Waals surface area contributed by atoms with Gasteiger partial charge in [0.2, 0.25) is 5.91 Å². The van der Waals surface area contributed by atoms with Gasteiger partial charge in [-0.2, -0.15) is 0 Å². The van der Waals surface area contributed by atoms with Gasteiger partial charge in [0, 0.05) is 10.7 Å². The van der Waals surface area contributed by atoms with Crippen LogP contribution in [0, 0.1) is 0 Å². The van der Waals surface area contributed by atoms with Crippen molar-refractivity contribution in [1.82, 2.24) is 10.2 Å². The second-order valence-corrected chi connectivity index (χ2v) is 5.70. The maximum absolute atomic E-state index is 11.9. The molecule has 0 aliphatic rings. The van der Waals surface area contributed by atoms with E-state index in [0.29, 0.717) is 17.3 Å². The van der Waals surface area contributed by atoms with Gasteiger partial charge in [0.05, 0.1) is 6.42 Å². The van der Waals surface area contributed by atoms with Gasteiger partial charge in [-0.3, -0.25) is 9.59 Å². The van der Waals surface area contributed by atoms with Crippen molar-refractivity contribution < 1.29 is 14.7 Å². The number of hydrogen-bond acceptors (Lipinski definition) is 4. The maximum atomic E-state index is 11.9. The molecule has 0 saturated heterocycles. The Morgan fingerprint density at radius 1 is 1.27 bits per heavy atom. The summed E-state index contributed by atoms with van der Waals surface area (Å²) in [5.74, 6) is -1.38. The van der Waals surface area contributed by atoms with E-state index in [9.17, 15) is 9.59 Å². The highest BCUT2D eigenvalue weighted by Crippen LogP contribution is 2.13. The van der Waals surface area contributed by atoms with E-state index in [1.54, 1.807) is 24.3 Å². The number of anilines is 1. The van der Waals surface area contributed by atoms with Crippen molar-refractivity contribution in [2.24, 2.45) is 0 Å². The second-order valence-electron chi connectivity index (χ2n) is 5.26. The molecule has 0 bridgehead atoms. The number of amides is 1. The van der Waals surface area contributed by atoms with Crippen molar-refractivity contribution >= 4 is 29.2 Å². The molecule has 0 heterocycles. The molecular weight excluding hydrogens is 306 g/mol. The second kappa shape index (κ2) is 9.40. The molecule has 1 amide bonds. The van der Waals surface area contributed by atoms with Crippen LogP contribution in [-0.2, 0) is 9.59 Å². The zero-order valence-corrected chi connectivity index (χ0v) is 13.6. The molecule has 0 fully saturated rings. The molecular formula is C15H22ClN3O3. The number of carbonyl (C=O) groups excluding carboxylic acids is 1. The molecule has 0 aliphatic carbocycles. The summed E-state index contributed by atoms with van der Waals surface area (Å²) in [6, 6.07) is 5.76. The zero-order chi connectivity index (χ0) is 16.5. The fourth-order valence-corrected chi connectivity index (χ4v) is 1.97. The maximum Gasteiger partial charge on any atom is 0.321 e. The SMILES string of the molecule is CN(C)CCCN[C@H](CC(=O)Nc1ccc(Cl)cc1)C(=O)O. The summed E-state index contributed by atoms with van der Waals surface area (Å²) in [5, 5.41) is 15.3. The van der Waals surface area contributed by atoms with Gasteiger partial charge in [-0.15, -0.1) is 0 Å². The zero-order valence-electron chi connectivity index (χ0n) is 12.8. The molecule has 1 rings (SSSR count). The predicted molar refractivity (Wildman–Crippen MR) is 87.3 cm³/mol. The molecule has 1 aromatic rings. The first-order valence-corrected chi connectivity index (χ1v) is 7.42. The van der Waals surface area contributed by atoms with Crippen LogP contribution < -0.4 is 10.6 Å². The van der Waals surface area contributed by atoms with Crippen LogP contribution in [0.25, 0.3) is 0 Å². The van der Waals surface area contributed by atoms with E-state index in [1.807, 2.05) is 19.0 Å². The number of benzene rings is 1. The fourth-order valence-electron chi connectivity index (χ4n) is 1.85. The Balaban J connectivity index is 2.43. The van der Waals surface area contributed by atoms with E-state index in [2.05, 4.69) is 10.6 Å². The van der Waals surface area contributed by atoms with E-state index in [0.717, 1.165) is 13.0 Å². The number of hydrogen-bond donors (Lipinski definition) is 3. The summed E-state index contributed by atoms with van der Waals surface area (Å²) in [4.78, 5) is 25.1. The lowest BCUT2D eigenvalue weighted by atomic mass is 10.2. The molecule has 0 aromatic heterocycles. The van der Waals surface area contributed by atoms with Gasteiger partial charge in [-0.25, -0.2) is 0 Å². The van der Waals surface area contributed by atoms with Gasteiger partial charge in [0.25, 0.3) is 0 Å². The smallest absolute Gasteiger partial charge is 0.321 e. The van der Waals surface area contributed by atoms with Crippen molar-refractivity contribution in [3.05, 3.63) is 29.3 Å². The van der Waals surface area contributed by atoms with Crippen LogP contribution in [0.2, 0.25) is 5.02 Å². The number of nitrogens with zero attached hydrogens (tertiary/aromatic N) is 1. The van der Waals surface area contributed by atoms with Crippen molar-refractivity contribution in [2.75, 3.05) is 32.5 Å². The minimum absolute atomic E-state index is 0.125. The highest BCUT2D eigenvalue weighted by Gasteiger charge is 2.20. The summed E-state index contributed by atoms with van der Waals surface area (Å²) in [7, 11) is 3.91. The van der Waals surface area contributed by atoms with E-state index in [4.69, 9.17) is 16.7 Å². The first-order chi connectivity index (χ1) is 10.4. The molecule has 3 N–H and O–H groups in total. The van der Waals surface area contributed by atoms with Gasteiger partial charge in [-0.1, -0.05) is 11.6 Å². The minimum Gasteiger partial charge on any atom is -0.480 e. The van der Waals surface area contributed by atoms with Crippen molar-refractivity contribution in [3.8, 4) is 0 Å². The Morgan fingerprint density at radius 3 is 2.45 bits per heavy atom. The van der Waals surface area contributed by atoms with Crippen LogP contribution in [0.3, 0.4) is 0 Å². The molecule has 0 saturated carbocycles. The number of carbonyl (C=O) groups is 2. The number of halogens is 1. The molecule has 22 heavy (non-hydrogen) atoms. The molecule has 0 aliphatic heterocycles. The lowest BCUT2D eigenvalue weighted by Gasteiger charge is -2.15. The summed E-state index contributed by atoms with van der Waals surface area (Å²) < 4.78 is 0. The Morgan fingerprint density at radius 2 is 1.91 bits per heavy atom. The van der Waals surface area contributed by atoms with Gasteiger partial charge < -0.3 is 20.6 Å². The van der Waals surface area contributed by atoms with E-state index in [-0.39, 0.29) is 12.3 Å². The predicted octanol–water partition coefficient (Wildman–Crippen LogP) is 1.66. The average molecular weight is 328 g/mol. The molecule has 0 radical (unpaired) electrons. The Hall–Kier alpha value is -1.63. The summed E-state index contributed by atoms with van der Waals surface area (Å²) >= 11 is 5.76. The fraction of sp³-hybridized carbons (Fsp3) is 0.467. The summed E-state index contributed by atoms with van der Waals surface area (Å²) in [5.41, 5.74) is 0.589. The normalized spacial score (nSPS) is 12.2. The van der Waals surface area contributed by atoms with Crippen LogP contribution in [0.1, 0.15) is 12.8 Å². The van der Waals surface area contributed by atoms with Gasteiger partial charge in [0.15, 0.2) is 0 Å². The van der Waals surface area contributed by atoms with Gasteiger partial charge in [-0.05, 0) is 57.9 Å². The van der Waals surface area contributed by atoms with Crippen LogP contribution in [0.15, 0.2) is 24.3 Å². The molecule has 7 heteroatoms. The largest absolute Gasteiger partial charge is 0.480 e. The third kappa shape index (κ3) is 7.40. The third-order valence-corrected chi connectivity index (χ3v) is 3.24.